The number of halogens is 1. The first-order valence-electron chi connectivity index (χ1n) is 9.90. The van der Waals surface area contributed by atoms with E-state index in [2.05, 4.69) is 18.8 Å². The minimum atomic E-state index is 0.391. The SMILES string of the molecule is CCCCCOc1cc(Sc2ccc(Cl)cc2)c(OCCCCC)cc1[N+]#N. The van der Waals surface area contributed by atoms with E-state index in [4.69, 9.17) is 21.1 Å². The van der Waals surface area contributed by atoms with Gasteiger partial charge in [0.05, 0.1) is 24.2 Å². The van der Waals surface area contributed by atoms with Crippen molar-refractivity contribution in [3.8, 4) is 11.5 Å². The molecule has 0 aromatic heterocycles. The lowest BCUT2D eigenvalue weighted by molar-refractivity contribution is 0.293. The first-order valence-corrected chi connectivity index (χ1v) is 11.1. The van der Waals surface area contributed by atoms with Gasteiger partial charge in [0, 0.05) is 16.0 Å². The molecule has 2 aromatic rings. The summed E-state index contributed by atoms with van der Waals surface area (Å²) in [6.07, 6.45) is 6.45. The first-order chi connectivity index (χ1) is 13.7. The van der Waals surface area contributed by atoms with Crippen molar-refractivity contribution in [1.82, 2.24) is 0 Å². The topological polar surface area (TPSA) is 46.6 Å². The van der Waals surface area contributed by atoms with Gasteiger partial charge in [0.15, 0.2) is 4.98 Å². The summed E-state index contributed by atoms with van der Waals surface area (Å²) in [4.78, 5) is 5.38. The highest BCUT2D eigenvalue weighted by Crippen LogP contribution is 2.43. The molecule has 0 aliphatic carbocycles. The molecule has 0 bridgehead atoms. The fourth-order valence-corrected chi connectivity index (χ4v) is 3.65. The molecule has 0 atom stereocenters. The summed E-state index contributed by atoms with van der Waals surface area (Å²) in [7, 11) is 0. The van der Waals surface area contributed by atoms with Crippen molar-refractivity contribution in [1.29, 1.82) is 5.39 Å². The Kier molecular flexibility index (Phi) is 10.0. The van der Waals surface area contributed by atoms with Gasteiger partial charge in [0.1, 0.15) is 5.75 Å². The average molecular weight is 420 g/mol. The zero-order valence-electron chi connectivity index (χ0n) is 16.6. The van der Waals surface area contributed by atoms with Crippen LogP contribution in [0.2, 0.25) is 5.02 Å². The van der Waals surface area contributed by atoms with Crippen LogP contribution in [0.1, 0.15) is 52.4 Å². The highest BCUT2D eigenvalue weighted by atomic mass is 35.5. The van der Waals surface area contributed by atoms with Gasteiger partial charge in [-0.15, -0.1) is 0 Å². The molecule has 28 heavy (non-hydrogen) atoms. The molecular weight excluding hydrogens is 392 g/mol. The standard InChI is InChI=1S/C22H28ClN2O2S/c1-3-5-7-13-26-20-16-22(28-18-11-9-17(23)10-12-18)21(15-19(20)25-24)27-14-8-6-4-2/h9-12,15-16H,3-8,13-14H2,1-2H3/q+1. The lowest BCUT2D eigenvalue weighted by atomic mass is 10.2. The summed E-state index contributed by atoms with van der Waals surface area (Å²) in [5.74, 6) is 1.26. The van der Waals surface area contributed by atoms with Crippen LogP contribution in [-0.2, 0) is 0 Å². The second-order valence-electron chi connectivity index (χ2n) is 6.53. The van der Waals surface area contributed by atoms with E-state index < -0.39 is 0 Å². The van der Waals surface area contributed by atoms with Gasteiger partial charge < -0.3 is 9.47 Å². The third kappa shape index (κ3) is 7.26. The Balaban J connectivity index is 2.24. The summed E-state index contributed by atoms with van der Waals surface area (Å²) in [6.45, 7) is 5.54. The molecule has 0 amide bonds. The minimum Gasteiger partial charge on any atom is -0.492 e. The molecule has 150 valence electrons. The van der Waals surface area contributed by atoms with Crippen LogP contribution in [0.25, 0.3) is 4.98 Å². The van der Waals surface area contributed by atoms with Crippen LogP contribution in [-0.4, -0.2) is 13.2 Å². The fraction of sp³-hybridized carbons (Fsp3) is 0.455. The number of diazo groups is 1. The third-order valence-corrected chi connectivity index (χ3v) is 5.48. The number of nitrogens with zero attached hydrogens (tertiary/aromatic N) is 2. The molecule has 0 fully saturated rings. The molecule has 4 nitrogen and oxygen atoms in total. The van der Waals surface area contributed by atoms with Crippen LogP contribution in [0.3, 0.4) is 0 Å². The molecule has 0 aliphatic heterocycles. The second-order valence-corrected chi connectivity index (χ2v) is 8.09. The van der Waals surface area contributed by atoms with Crippen LogP contribution in [0.4, 0.5) is 5.69 Å². The highest BCUT2D eigenvalue weighted by molar-refractivity contribution is 7.99. The van der Waals surface area contributed by atoms with Gasteiger partial charge in [-0.1, -0.05) is 62.9 Å². The Hall–Kier alpha value is -1.90. The van der Waals surface area contributed by atoms with E-state index in [0.29, 0.717) is 35.4 Å². The van der Waals surface area contributed by atoms with E-state index in [9.17, 15) is 5.39 Å². The van der Waals surface area contributed by atoms with E-state index in [1.165, 1.54) is 0 Å². The largest absolute Gasteiger partial charge is 0.492 e. The van der Waals surface area contributed by atoms with Gasteiger partial charge in [-0.05, 0) is 37.1 Å². The molecule has 0 aliphatic rings. The molecule has 0 radical (unpaired) electrons. The van der Waals surface area contributed by atoms with E-state index in [1.54, 1.807) is 17.8 Å². The third-order valence-electron chi connectivity index (χ3n) is 4.19. The minimum absolute atomic E-state index is 0.391. The average Bonchev–Trinajstić information content (AvgIpc) is 2.71. The highest BCUT2D eigenvalue weighted by Gasteiger charge is 2.21. The molecule has 2 rings (SSSR count). The van der Waals surface area contributed by atoms with Crippen molar-refractivity contribution in [2.24, 2.45) is 0 Å². The van der Waals surface area contributed by atoms with Crippen LogP contribution in [0.15, 0.2) is 46.2 Å². The molecule has 0 heterocycles. The van der Waals surface area contributed by atoms with Crippen molar-refractivity contribution in [2.45, 2.75) is 62.2 Å². The predicted molar refractivity (Wildman–Crippen MR) is 117 cm³/mol. The Labute approximate surface area is 177 Å². The summed E-state index contributed by atoms with van der Waals surface area (Å²) in [5, 5.41) is 10.1. The van der Waals surface area contributed by atoms with Crippen LogP contribution in [0, 0.1) is 5.39 Å². The number of benzene rings is 2. The molecule has 0 saturated carbocycles. The number of unbranched alkanes of at least 4 members (excludes halogenated alkanes) is 4. The van der Waals surface area contributed by atoms with Gasteiger partial charge in [0.2, 0.25) is 11.1 Å². The maximum atomic E-state index is 9.43. The summed E-state index contributed by atoms with van der Waals surface area (Å²) >= 11 is 7.57. The van der Waals surface area contributed by atoms with Crippen molar-refractivity contribution >= 4 is 29.1 Å². The van der Waals surface area contributed by atoms with E-state index in [1.807, 2.05) is 30.3 Å². The van der Waals surface area contributed by atoms with E-state index in [0.717, 1.165) is 48.3 Å². The molecule has 0 saturated heterocycles. The molecular formula is C22H28ClN2O2S+. The first kappa shape index (κ1) is 22.4. The Morgan fingerprint density at radius 2 is 1.50 bits per heavy atom. The molecule has 0 unspecified atom stereocenters. The van der Waals surface area contributed by atoms with Crippen LogP contribution >= 0.6 is 23.4 Å². The van der Waals surface area contributed by atoms with Gasteiger partial charge in [-0.25, -0.2) is 0 Å². The predicted octanol–water partition coefficient (Wildman–Crippen LogP) is 8.11. The molecule has 2 aromatic carbocycles. The Bertz CT molecular complexity index is 775. The van der Waals surface area contributed by atoms with Crippen molar-refractivity contribution in [3.63, 3.8) is 0 Å². The monoisotopic (exact) mass is 419 g/mol. The van der Waals surface area contributed by atoms with Crippen molar-refractivity contribution in [3.05, 3.63) is 46.4 Å². The van der Waals surface area contributed by atoms with Crippen LogP contribution in [0.5, 0.6) is 11.5 Å². The van der Waals surface area contributed by atoms with Crippen molar-refractivity contribution in [2.75, 3.05) is 13.2 Å². The molecule has 6 heteroatoms. The maximum absolute atomic E-state index is 9.43. The Morgan fingerprint density at radius 1 is 0.893 bits per heavy atom. The smallest absolute Gasteiger partial charge is 0.430 e. The molecule has 0 spiro atoms. The normalized spacial score (nSPS) is 10.5. The number of rotatable bonds is 12. The fourth-order valence-electron chi connectivity index (χ4n) is 2.61. The van der Waals surface area contributed by atoms with Gasteiger partial charge in [-0.3, -0.25) is 0 Å². The lowest BCUT2D eigenvalue weighted by Crippen LogP contribution is -2.01. The zero-order valence-corrected chi connectivity index (χ0v) is 18.2. The van der Waals surface area contributed by atoms with Crippen molar-refractivity contribution < 1.29 is 9.47 Å². The second kappa shape index (κ2) is 12.5. The maximum Gasteiger partial charge on any atom is 0.430 e. The zero-order chi connectivity index (χ0) is 20.2. The number of hydrogen-bond acceptors (Lipinski definition) is 4. The van der Waals surface area contributed by atoms with Gasteiger partial charge in [0.25, 0.3) is 0 Å². The number of hydrogen-bond donors (Lipinski definition) is 0. The van der Waals surface area contributed by atoms with Crippen LogP contribution < -0.4 is 9.47 Å². The summed E-state index contributed by atoms with van der Waals surface area (Å²) < 4.78 is 11.9. The number of ether oxygens (including phenoxy) is 2. The summed E-state index contributed by atoms with van der Waals surface area (Å²) in [5.41, 5.74) is 0.391. The lowest BCUT2D eigenvalue weighted by Gasteiger charge is -2.12. The molecule has 0 N–H and O–H groups in total. The Morgan fingerprint density at radius 3 is 2.07 bits per heavy atom. The van der Waals surface area contributed by atoms with Gasteiger partial charge in [-0.2, -0.15) is 0 Å². The van der Waals surface area contributed by atoms with Gasteiger partial charge >= 0.3 is 5.69 Å². The summed E-state index contributed by atoms with van der Waals surface area (Å²) in [6, 6.07) is 11.3. The van der Waals surface area contributed by atoms with E-state index in [-0.39, 0.29) is 0 Å². The van der Waals surface area contributed by atoms with E-state index >= 15 is 0 Å². The quantitative estimate of drug-likeness (QED) is 0.257.